The molecule has 0 atom stereocenters. The number of hydrogen-bond acceptors (Lipinski definition) is 3. The largest absolute Gasteiger partial charge is 0.435 e. The summed E-state index contributed by atoms with van der Waals surface area (Å²) in [6.45, 7) is -6.07. The standard InChI is InChI=1S/C9H9F4NO2/c10-8(11)15-6-1-5(4-14)2-7(3-6)16-9(12)13/h1-3,8-9H,4,14H2. The summed E-state index contributed by atoms with van der Waals surface area (Å²) in [6, 6.07) is 3.40. The fourth-order valence-corrected chi connectivity index (χ4v) is 1.09. The van der Waals surface area contributed by atoms with Crippen molar-refractivity contribution >= 4 is 0 Å². The van der Waals surface area contributed by atoms with Gasteiger partial charge in [-0.25, -0.2) is 0 Å². The average molecular weight is 239 g/mol. The van der Waals surface area contributed by atoms with Crippen LogP contribution in [0.4, 0.5) is 17.6 Å². The fraction of sp³-hybridized carbons (Fsp3) is 0.333. The zero-order valence-electron chi connectivity index (χ0n) is 8.00. The van der Waals surface area contributed by atoms with Crippen molar-refractivity contribution in [1.82, 2.24) is 0 Å². The molecule has 16 heavy (non-hydrogen) atoms. The molecular formula is C9H9F4NO2. The Hall–Kier alpha value is -1.50. The number of nitrogens with two attached hydrogens (primary N) is 1. The minimum atomic E-state index is -3.03. The highest BCUT2D eigenvalue weighted by atomic mass is 19.3. The van der Waals surface area contributed by atoms with Gasteiger partial charge in [-0.15, -0.1) is 0 Å². The monoisotopic (exact) mass is 239 g/mol. The predicted octanol–water partition coefficient (Wildman–Crippen LogP) is 2.35. The van der Waals surface area contributed by atoms with Crippen molar-refractivity contribution in [2.24, 2.45) is 5.73 Å². The van der Waals surface area contributed by atoms with E-state index < -0.39 is 13.2 Å². The number of hydrogen-bond donors (Lipinski definition) is 1. The highest BCUT2D eigenvalue weighted by molar-refractivity contribution is 5.38. The van der Waals surface area contributed by atoms with E-state index in [2.05, 4.69) is 9.47 Å². The first-order valence-electron chi connectivity index (χ1n) is 4.25. The van der Waals surface area contributed by atoms with E-state index in [4.69, 9.17) is 5.73 Å². The summed E-state index contributed by atoms with van der Waals surface area (Å²) in [5, 5.41) is 0. The number of rotatable bonds is 5. The third-order valence-corrected chi connectivity index (χ3v) is 1.63. The van der Waals surface area contributed by atoms with Gasteiger partial charge in [0.05, 0.1) is 0 Å². The van der Waals surface area contributed by atoms with E-state index >= 15 is 0 Å². The second kappa shape index (κ2) is 5.55. The van der Waals surface area contributed by atoms with Gasteiger partial charge in [-0.1, -0.05) is 0 Å². The molecule has 0 unspecified atom stereocenters. The van der Waals surface area contributed by atoms with Gasteiger partial charge in [0.1, 0.15) is 11.5 Å². The first kappa shape index (κ1) is 12.6. The molecule has 0 spiro atoms. The van der Waals surface area contributed by atoms with Crippen molar-refractivity contribution in [3.8, 4) is 11.5 Å². The van der Waals surface area contributed by atoms with Gasteiger partial charge in [0.15, 0.2) is 0 Å². The van der Waals surface area contributed by atoms with Gasteiger partial charge in [0.2, 0.25) is 0 Å². The van der Waals surface area contributed by atoms with Crippen molar-refractivity contribution in [1.29, 1.82) is 0 Å². The van der Waals surface area contributed by atoms with Crippen molar-refractivity contribution in [2.75, 3.05) is 0 Å². The molecule has 0 aliphatic heterocycles. The average Bonchev–Trinajstić information content (AvgIpc) is 2.14. The van der Waals surface area contributed by atoms with Crippen molar-refractivity contribution in [3.63, 3.8) is 0 Å². The lowest BCUT2D eigenvalue weighted by Crippen LogP contribution is -2.06. The fourth-order valence-electron chi connectivity index (χ4n) is 1.09. The molecule has 90 valence electrons. The van der Waals surface area contributed by atoms with Crippen LogP contribution < -0.4 is 15.2 Å². The lowest BCUT2D eigenvalue weighted by molar-refractivity contribution is -0.0543. The molecule has 1 aromatic rings. The van der Waals surface area contributed by atoms with Crippen LogP contribution in [0.15, 0.2) is 18.2 Å². The zero-order chi connectivity index (χ0) is 12.1. The lowest BCUT2D eigenvalue weighted by atomic mass is 10.2. The van der Waals surface area contributed by atoms with Gasteiger partial charge in [-0.3, -0.25) is 0 Å². The Morgan fingerprint density at radius 1 is 0.938 bits per heavy atom. The van der Waals surface area contributed by atoms with Crippen LogP contribution in [0.1, 0.15) is 5.56 Å². The molecule has 0 aliphatic carbocycles. The summed E-state index contributed by atoms with van der Waals surface area (Å²) < 4.78 is 55.8. The van der Waals surface area contributed by atoms with E-state index in [-0.39, 0.29) is 18.0 Å². The molecule has 0 fully saturated rings. The molecule has 0 saturated heterocycles. The highest BCUT2D eigenvalue weighted by Crippen LogP contribution is 2.25. The van der Waals surface area contributed by atoms with Crippen LogP contribution in [0.25, 0.3) is 0 Å². The first-order chi connectivity index (χ1) is 7.51. The molecule has 0 aromatic heterocycles. The number of alkyl halides is 4. The number of benzene rings is 1. The van der Waals surface area contributed by atoms with E-state index in [1.165, 1.54) is 12.1 Å². The quantitative estimate of drug-likeness (QED) is 0.802. The van der Waals surface area contributed by atoms with Gasteiger partial charge in [-0.05, 0) is 17.7 Å². The summed E-state index contributed by atoms with van der Waals surface area (Å²) in [6.07, 6.45) is 0. The molecule has 0 heterocycles. The second-order valence-electron chi connectivity index (χ2n) is 2.77. The van der Waals surface area contributed by atoms with Gasteiger partial charge in [0.25, 0.3) is 0 Å². The summed E-state index contributed by atoms with van der Waals surface area (Å²) in [5.41, 5.74) is 5.62. The van der Waals surface area contributed by atoms with Gasteiger partial charge < -0.3 is 15.2 Å². The van der Waals surface area contributed by atoms with Gasteiger partial charge in [0, 0.05) is 12.6 Å². The van der Waals surface area contributed by atoms with Crippen LogP contribution in [-0.4, -0.2) is 13.2 Å². The van der Waals surface area contributed by atoms with Crippen molar-refractivity contribution in [3.05, 3.63) is 23.8 Å². The second-order valence-corrected chi connectivity index (χ2v) is 2.77. The van der Waals surface area contributed by atoms with Crippen LogP contribution >= 0.6 is 0 Å². The van der Waals surface area contributed by atoms with E-state index in [0.29, 0.717) is 5.56 Å². The maximum Gasteiger partial charge on any atom is 0.387 e. The summed E-state index contributed by atoms with van der Waals surface area (Å²) in [7, 11) is 0. The SMILES string of the molecule is NCc1cc(OC(F)F)cc(OC(F)F)c1. The molecule has 0 aliphatic rings. The summed E-state index contributed by atoms with van der Waals surface area (Å²) in [4.78, 5) is 0. The predicted molar refractivity (Wildman–Crippen MR) is 47.6 cm³/mol. The molecule has 0 amide bonds. The van der Waals surface area contributed by atoms with E-state index in [0.717, 1.165) is 6.07 Å². The minimum absolute atomic E-state index is 0.0000359. The molecule has 1 aromatic carbocycles. The number of halogens is 4. The van der Waals surface area contributed by atoms with Gasteiger partial charge >= 0.3 is 13.2 Å². The maximum atomic E-state index is 11.9. The highest BCUT2D eigenvalue weighted by Gasteiger charge is 2.10. The van der Waals surface area contributed by atoms with E-state index in [9.17, 15) is 17.6 Å². The Labute approximate surface area is 88.8 Å². The molecule has 2 N–H and O–H groups in total. The molecular weight excluding hydrogens is 230 g/mol. The van der Waals surface area contributed by atoms with Crippen molar-refractivity contribution < 1.29 is 27.0 Å². The van der Waals surface area contributed by atoms with E-state index in [1.807, 2.05) is 0 Å². The lowest BCUT2D eigenvalue weighted by Gasteiger charge is -2.10. The summed E-state index contributed by atoms with van der Waals surface area (Å²) in [5.74, 6) is -0.540. The van der Waals surface area contributed by atoms with Crippen LogP contribution in [0.2, 0.25) is 0 Å². The smallest absolute Gasteiger partial charge is 0.387 e. The van der Waals surface area contributed by atoms with Gasteiger partial charge in [-0.2, -0.15) is 17.6 Å². The third kappa shape index (κ3) is 3.93. The Morgan fingerprint density at radius 3 is 1.69 bits per heavy atom. The van der Waals surface area contributed by atoms with Crippen LogP contribution in [-0.2, 0) is 6.54 Å². The zero-order valence-corrected chi connectivity index (χ0v) is 8.00. The normalized spacial score (nSPS) is 10.9. The van der Waals surface area contributed by atoms with Crippen LogP contribution in [0.3, 0.4) is 0 Å². The van der Waals surface area contributed by atoms with Crippen LogP contribution in [0.5, 0.6) is 11.5 Å². The topological polar surface area (TPSA) is 44.5 Å². The van der Waals surface area contributed by atoms with Crippen LogP contribution in [0, 0.1) is 0 Å². The summed E-state index contributed by atoms with van der Waals surface area (Å²) >= 11 is 0. The molecule has 7 heteroatoms. The molecule has 1 rings (SSSR count). The molecule has 0 saturated carbocycles. The Morgan fingerprint density at radius 2 is 1.38 bits per heavy atom. The minimum Gasteiger partial charge on any atom is -0.435 e. The van der Waals surface area contributed by atoms with Crippen molar-refractivity contribution in [2.45, 2.75) is 19.8 Å². The number of ether oxygens (including phenoxy) is 2. The van der Waals surface area contributed by atoms with E-state index in [1.54, 1.807) is 0 Å². The first-order valence-corrected chi connectivity index (χ1v) is 4.25. The third-order valence-electron chi connectivity index (χ3n) is 1.63. The molecule has 3 nitrogen and oxygen atoms in total. The Balaban J connectivity index is 2.91. The molecule has 0 radical (unpaired) electrons. The maximum absolute atomic E-state index is 11.9. The molecule has 0 bridgehead atoms. The Kier molecular flexibility index (Phi) is 4.36. The Bertz CT molecular complexity index is 318.